The molecule has 56 heavy (non-hydrogen) atoms. The van der Waals surface area contributed by atoms with Crippen LogP contribution in [0, 0.1) is 55.4 Å². The summed E-state index contributed by atoms with van der Waals surface area (Å²) in [7, 11) is 0. The quantitative estimate of drug-likeness (QED) is 0.115. The molecular formula is C54H60N2. The number of hydrogen-bond donors (Lipinski definition) is 0. The first-order valence-corrected chi connectivity index (χ1v) is 20.9. The summed E-state index contributed by atoms with van der Waals surface area (Å²) in [4.78, 5) is 4.96. The first-order valence-electron chi connectivity index (χ1n) is 20.9. The minimum atomic E-state index is 1.12. The summed E-state index contributed by atoms with van der Waals surface area (Å²) >= 11 is 0. The third-order valence-corrected chi connectivity index (χ3v) is 12.0. The lowest BCUT2D eigenvalue weighted by Gasteiger charge is -2.30. The molecule has 0 saturated carbocycles. The number of fused-ring (bicyclic) bond motifs is 3. The fourth-order valence-electron chi connectivity index (χ4n) is 8.89. The van der Waals surface area contributed by atoms with Crippen molar-refractivity contribution in [3.8, 4) is 0 Å². The predicted octanol–water partition coefficient (Wildman–Crippen LogP) is 16.1. The van der Waals surface area contributed by atoms with Crippen LogP contribution in [0.2, 0.25) is 0 Å². The monoisotopic (exact) mass is 736 g/mol. The van der Waals surface area contributed by atoms with Crippen LogP contribution in [0.25, 0.3) is 21.5 Å². The number of anilines is 6. The first-order chi connectivity index (χ1) is 27.0. The summed E-state index contributed by atoms with van der Waals surface area (Å²) in [5, 5.41) is 5.19. The van der Waals surface area contributed by atoms with E-state index >= 15 is 0 Å². The summed E-state index contributed by atoms with van der Waals surface area (Å²) in [6.07, 6.45) is 7.10. The number of nitrogens with zero attached hydrogens (tertiary/aromatic N) is 2. The van der Waals surface area contributed by atoms with Crippen LogP contribution in [0.15, 0.2) is 109 Å². The van der Waals surface area contributed by atoms with Gasteiger partial charge in [0.2, 0.25) is 0 Å². The van der Waals surface area contributed by atoms with Gasteiger partial charge in [-0.3, -0.25) is 0 Å². The topological polar surface area (TPSA) is 6.48 Å². The Labute approximate surface area is 336 Å². The molecule has 7 aromatic rings. The van der Waals surface area contributed by atoms with Crippen molar-refractivity contribution < 1.29 is 0 Å². The van der Waals surface area contributed by atoms with E-state index in [1.807, 2.05) is 0 Å². The highest BCUT2D eigenvalue weighted by molar-refractivity contribution is 6.12. The highest BCUT2D eigenvalue weighted by Crippen LogP contribution is 2.45. The van der Waals surface area contributed by atoms with Crippen molar-refractivity contribution in [2.75, 3.05) is 9.80 Å². The molecule has 0 spiro atoms. The highest BCUT2D eigenvalue weighted by Gasteiger charge is 2.22. The number of unbranched alkanes of at least 4 members (excludes halogenated alkanes) is 2. The van der Waals surface area contributed by atoms with Crippen LogP contribution in [0.3, 0.4) is 0 Å². The standard InChI is InChI=1S/C54H60N2/c1-11-13-15-43-29-37(5)53(38(6)30-43)55(45-21-17-35(3)18-22-45)47-25-27-49-50-28-26-48(34-52(50)42(10)41(9)51(49)33-47)56(46-23-19-36(4)20-24-46)54-39(7)31-44(16-14-12-2)32-40(54)8/h17-34H,11-16H2,1-10H3. The molecule has 0 saturated heterocycles. The summed E-state index contributed by atoms with van der Waals surface area (Å²) in [5.74, 6) is 0. The molecule has 2 heteroatoms. The van der Waals surface area contributed by atoms with Crippen molar-refractivity contribution in [3.63, 3.8) is 0 Å². The molecule has 2 nitrogen and oxygen atoms in total. The molecule has 0 unspecified atom stereocenters. The lowest BCUT2D eigenvalue weighted by molar-refractivity contribution is 0.794. The van der Waals surface area contributed by atoms with Gasteiger partial charge in [-0.1, -0.05) is 98.5 Å². The summed E-state index contributed by atoms with van der Waals surface area (Å²) in [5.41, 5.74) is 20.6. The number of hydrogen-bond acceptors (Lipinski definition) is 2. The molecule has 7 aromatic carbocycles. The third kappa shape index (κ3) is 7.59. The minimum Gasteiger partial charge on any atom is -0.310 e. The summed E-state index contributed by atoms with van der Waals surface area (Å²) in [6.45, 7) is 22.6. The molecule has 0 aliphatic carbocycles. The third-order valence-electron chi connectivity index (χ3n) is 12.0. The van der Waals surface area contributed by atoms with Gasteiger partial charge >= 0.3 is 0 Å². The van der Waals surface area contributed by atoms with Gasteiger partial charge in [-0.05, 0) is 196 Å². The maximum atomic E-state index is 2.48. The lowest BCUT2D eigenvalue weighted by Crippen LogP contribution is -2.14. The normalized spacial score (nSPS) is 11.5. The minimum absolute atomic E-state index is 1.12. The Hall–Kier alpha value is -5.34. The van der Waals surface area contributed by atoms with Gasteiger partial charge in [-0.25, -0.2) is 0 Å². The van der Waals surface area contributed by atoms with E-state index in [0.29, 0.717) is 0 Å². The zero-order valence-electron chi connectivity index (χ0n) is 35.5. The second-order valence-corrected chi connectivity index (χ2v) is 16.4. The molecule has 7 rings (SSSR count). The van der Waals surface area contributed by atoms with Crippen molar-refractivity contribution in [1.82, 2.24) is 0 Å². The van der Waals surface area contributed by atoms with Gasteiger partial charge in [-0.2, -0.15) is 0 Å². The molecule has 0 N–H and O–H groups in total. The molecule has 0 atom stereocenters. The predicted molar refractivity (Wildman–Crippen MR) is 246 cm³/mol. The average molecular weight is 737 g/mol. The molecular weight excluding hydrogens is 677 g/mol. The molecule has 0 radical (unpaired) electrons. The molecule has 0 aromatic heterocycles. The molecule has 0 aliphatic rings. The van der Waals surface area contributed by atoms with Crippen LogP contribution in [-0.2, 0) is 12.8 Å². The number of aryl methyl sites for hydroxylation is 10. The van der Waals surface area contributed by atoms with Crippen molar-refractivity contribution >= 4 is 55.7 Å². The van der Waals surface area contributed by atoms with Gasteiger partial charge in [0, 0.05) is 22.7 Å². The highest BCUT2D eigenvalue weighted by atomic mass is 15.2. The van der Waals surface area contributed by atoms with E-state index in [1.54, 1.807) is 0 Å². The fraction of sp³-hybridized carbons (Fsp3) is 0.296. The van der Waals surface area contributed by atoms with Gasteiger partial charge in [0.15, 0.2) is 0 Å². The Balaban J connectivity index is 1.38. The van der Waals surface area contributed by atoms with Gasteiger partial charge < -0.3 is 9.80 Å². The molecule has 0 heterocycles. The average Bonchev–Trinajstić information content (AvgIpc) is 3.18. The Morgan fingerprint density at radius 1 is 0.357 bits per heavy atom. The smallest absolute Gasteiger partial charge is 0.0520 e. The molecule has 0 aliphatic heterocycles. The van der Waals surface area contributed by atoms with Crippen LogP contribution in [0.1, 0.15) is 95.2 Å². The molecule has 0 bridgehead atoms. The van der Waals surface area contributed by atoms with E-state index in [0.717, 1.165) is 12.8 Å². The SMILES string of the molecule is CCCCc1cc(C)c(N(c2ccc(C)cc2)c2ccc3c(c2)c(C)c(C)c2cc(N(c4ccc(C)cc4)c4c(C)cc(CCCC)cc4C)ccc23)c(C)c1. The maximum absolute atomic E-state index is 2.48. The van der Waals surface area contributed by atoms with Crippen LogP contribution in [-0.4, -0.2) is 0 Å². The maximum Gasteiger partial charge on any atom is 0.0520 e. The van der Waals surface area contributed by atoms with Crippen LogP contribution >= 0.6 is 0 Å². The largest absolute Gasteiger partial charge is 0.310 e. The van der Waals surface area contributed by atoms with Crippen LogP contribution in [0.4, 0.5) is 34.1 Å². The zero-order chi connectivity index (χ0) is 39.7. The summed E-state index contributed by atoms with van der Waals surface area (Å²) in [6, 6.07) is 41.9. The second-order valence-electron chi connectivity index (χ2n) is 16.4. The lowest BCUT2D eigenvalue weighted by atomic mass is 9.91. The number of rotatable bonds is 12. The van der Waals surface area contributed by atoms with Gasteiger partial charge in [0.25, 0.3) is 0 Å². The van der Waals surface area contributed by atoms with Crippen molar-refractivity contribution in [1.29, 1.82) is 0 Å². The Bertz CT molecular complexity index is 2300. The van der Waals surface area contributed by atoms with Crippen molar-refractivity contribution in [2.24, 2.45) is 0 Å². The van der Waals surface area contributed by atoms with E-state index < -0.39 is 0 Å². The molecule has 0 fully saturated rings. The van der Waals surface area contributed by atoms with Crippen LogP contribution in [0.5, 0.6) is 0 Å². The van der Waals surface area contributed by atoms with Gasteiger partial charge in [0.1, 0.15) is 0 Å². The van der Waals surface area contributed by atoms with Crippen LogP contribution < -0.4 is 9.80 Å². The van der Waals surface area contributed by atoms with Gasteiger partial charge in [0.05, 0.1) is 11.4 Å². The number of benzene rings is 7. The van der Waals surface area contributed by atoms with E-state index in [-0.39, 0.29) is 0 Å². The second kappa shape index (κ2) is 16.4. The van der Waals surface area contributed by atoms with Gasteiger partial charge in [-0.15, -0.1) is 0 Å². The molecule has 0 amide bonds. The Morgan fingerprint density at radius 2 is 0.679 bits per heavy atom. The first kappa shape index (κ1) is 38.9. The molecule has 286 valence electrons. The van der Waals surface area contributed by atoms with E-state index in [1.165, 1.54) is 137 Å². The Morgan fingerprint density at radius 3 is 1.00 bits per heavy atom. The fourth-order valence-corrected chi connectivity index (χ4v) is 8.89. The Kier molecular flexibility index (Phi) is 11.4. The van der Waals surface area contributed by atoms with E-state index in [4.69, 9.17) is 0 Å². The summed E-state index contributed by atoms with van der Waals surface area (Å²) < 4.78 is 0. The van der Waals surface area contributed by atoms with E-state index in [9.17, 15) is 0 Å². The zero-order valence-corrected chi connectivity index (χ0v) is 35.5. The van der Waals surface area contributed by atoms with Crippen molar-refractivity contribution in [2.45, 2.75) is 108 Å². The van der Waals surface area contributed by atoms with E-state index in [2.05, 4.69) is 188 Å². The van der Waals surface area contributed by atoms with Crippen molar-refractivity contribution in [3.05, 3.63) is 165 Å².